The van der Waals surface area contributed by atoms with E-state index in [1.165, 1.54) is 35.2 Å². The quantitative estimate of drug-likeness (QED) is 0.370. The second-order valence-corrected chi connectivity index (χ2v) is 12.0. The molecule has 1 N–H and O–H groups in total. The van der Waals surface area contributed by atoms with Crippen molar-refractivity contribution in [2.24, 2.45) is 0 Å². The largest absolute Gasteiger partial charge is 0.486 e. The van der Waals surface area contributed by atoms with Gasteiger partial charge in [0.15, 0.2) is 11.5 Å². The number of amides is 2. The molecule has 1 aliphatic rings. The number of carbonyl (C=O) groups is 2. The van der Waals surface area contributed by atoms with Crippen molar-refractivity contribution in [3.63, 3.8) is 0 Å². The van der Waals surface area contributed by atoms with E-state index in [4.69, 9.17) is 9.47 Å². The van der Waals surface area contributed by atoms with Gasteiger partial charge in [0.05, 0.1) is 11.9 Å². The van der Waals surface area contributed by atoms with Gasteiger partial charge in [0.2, 0.25) is 21.8 Å². The number of fused-ring (bicyclic) bond motifs is 1. The van der Waals surface area contributed by atoms with E-state index >= 15 is 0 Å². The monoisotopic (exact) mass is 583 g/mol. The molecule has 0 bridgehead atoms. The van der Waals surface area contributed by atoms with Crippen LogP contribution < -0.4 is 19.1 Å². The Morgan fingerprint density at radius 1 is 0.951 bits per heavy atom. The van der Waals surface area contributed by atoms with Crippen LogP contribution >= 0.6 is 0 Å². The van der Waals surface area contributed by atoms with Crippen LogP contribution in [0.25, 0.3) is 0 Å². The molecule has 1 heterocycles. The van der Waals surface area contributed by atoms with Crippen molar-refractivity contribution in [2.45, 2.75) is 38.9 Å². The van der Waals surface area contributed by atoms with E-state index in [0.717, 1.165) is 16.1 Å². The first kappa shape index (κ1) is 29.9. The van der Waals surface area contributed by atoms with E-state index in [-0.39, 0.29) is 30.3 Å². The van der Waals surface area contributed by atoms with Crippen molar-refractivity contribution in [2.75, 3.05) is 30.3 Å². The topological polar surface area (TPSA) is 105 Å². The molecule has 0 aliphatic carbocycles. The van der Waals surface area contributed by atoms with Crippen molar-refractivity contribution < 1.29 is 31.9 Å². The summed E-state index contributed by atoms with van der Waals surface area (Å²) < 4.78 is 52.8. The lowest BCUT2D eigenvalue weighted by atomic mass is 10.0. The summed E-state index contributed by atoms with van der Waals surface area (Å²) >= 11 is 0. The molecule has 1 atom stereocenters. The third-order valence-electron chi connectivity index (χ3n) is 6.49. The molecule has 0 aromatic heterocycles. The lowest BCUT2D eigenvalue weighted by Gasteiger charge is -2.34. The first-order valence-corrected chi connectivity index (χ1v) is 15.1. The summed E-state index contributed by atoms with van der Waals surface area (Å²) in [5.74, 6) is -0.822. The van der Waals surface area contributed by atoms with Gasteiger partial charge in [-0.25, -0.2) is 12.8 Å². The molecule has 1 aliphatic heterocycles. The van der Waals surface area contributed by atoms with Crippen molar-refractivity contribution in [3.05, 3.63) is 89.7 Å². The van der Waals surface area contributed by atoms with E-state index in [9.17, 15) is 22.4 Å². The van der Waals surface area contributed by atoms with Gasteiger partial charge in [0.1, 0.15) is 31.6 Å². The molecule has 0 unspecified atom stereocenters. The molecule has 218 valence electrons. The van der Waals surface area contributed by atoms with Crippen LogP contribution in [-0.2, 0) is 32.6 Å². The van der Waals surface area contributed by atoms with Crippen molar-refractivity contribution >= 4 is 27.5 Å². The second kappa shape index (κ2) is 13.0. The number of hydrogen-bond donors (Lipinski definition) is 1. The highest BCUT2D eigenvalue weighted by Gasteiger charge is 2.34. The molecule has 2 amide bonds. The summed E-state index contributed by atoms with van der Waals surface area (Å²) in [5, 5.41) is 2.86. The van der Waals surface area contributed by atoms with Gasteiger partial charge in [-0.15, -0.1) is 0 Å². The van der Waals surface area contributed by atoms with E-state index in [1.54, 1.807) is 26.0 Å². The predicted octanol–water partition coefficient (Wildman–Crippen LogP) is 3.53. The summed E-state index contributed by atoms with van der Waals surface area (Å²) in [4.78, 5) is 28.8. The first-order chi connectivity index (χ1) is 19.5. The smallest absolute Gasteiger partial charge is 0.244 e. The number of carbonyl (C=O) groups excluding carboxylic acids is 2. The Bertz CT molecular complexity index is 1480. The molecule has 11 heteroatoms. The third kappa shape index (κ3) is 7.75. The van der Waals surface area contributed by atoms with Gasteiger partial charge in [0, 0.05) is 30.6 Å². The van der Waals surface area contributed by atoms with Crippen molar-refractivity contribution in [1.82, 2.24) is 10.2 Å². The van der Waals surface area contributed by atoms with Gasteiger partial charge in [0.25, 0.3) is 0 Å². The number of nitrogens with zero attached hydrogens (tertiary/aromatic N) is 2. The predicted molar refractivity (Wildman–Crippen MR) is 154 cm³/mol. The van der Waals surface area contributed by atoms with Gasteiger partial charge < -0.3 is 19.7 Å². The number of benzene rings is 3. The molecule has 3 aromatic rings. The maximum absolute atomic E-state index is 14.8. The lowest BCUT2D eigenvalue weighted by Crippen LogP contribution is -2.54. The highest BCUT2D eigenvalue weighted by atomic mass is 32.2. The Balaban J connectivity index is 1.74. The van der Waals surface area contributed by atoms with Crippen LogP contribution in [0.3, 0.4) is 0 Å². The van der Waals surface area contributed by atoms with Crippen LogP contribution in [0, 0.1) is 5.82 Å². The normalized spacial score (nSPS) is 13.4. The van der Waals surface area contributed by atoms with Crippen LogP contribution in [-0.4, -0.2) is 63.2 Å². The van der Waals surface area contributed by atoms with Crippen molar-refractivity contribution in [1.29, 1.82) is 0 Å². The van der Waals surface area contributed by atoms with Crippen LogP contribution in [0.2, 0.25) is 0 Å². The summed E-state index contributed by atoms with van der Waals surface area (Å²) in [6, 6.07) is 18.5. The van der Waals surface area contributed by atoms with Gasteiger partial charge in [-0.3, -0.25) is 13.9 Å². The fourth-order valence-electron chi connectivity index (χ4n) is 4.55. The molecule has 3 aromatic carbocycles. The molecule has 4 rings (SSSR count). The van der Waals surface area contributed by atoms with Gasteiger partial charge in [-0.2, -0.15) is 0 Å². The fourth-order valence-corrected chi connectivity index (χ4v) is 5.39. The summed E-state index contributed by atoms with van der Waals surface area (Å²) in [5.41, 5.74) is 1.18. The van der Waals surface area contributed by atoms with Gasteiger partial charge in [-0.1, -0.05) is 48.5 Å². The molecular weight excluding hydrogens is 549 g/mol. The average molecular weight is 584 g/mol. The number of hydrogen-bond acceptors (Lipinski definition) is 6. The number of sulfonamides is 1. The summed E-state index contributed by atoms with van der Waals surface area (Å²) in [6.45, 7) is 3.41. The van der Waals surface area contributed by atoms with E-state index < -0.39 is 40.2 Å². The molecular formula is C30H34FN3O6S. The minimum Gasteiger partial charge on any atom is -0.486 e. The highest BCUT2D eigenvalue weighted by Crippen LogP contribution is 2.34. The zero-order valence-corrected chi connectivity index (χ0v) is 24.1. The third-order valence-corrected chi connectivity index (χ3v) is 7.63. The number of ether oxygens (including phenoxy) is 2. The molecule has 9 nitrogen and oxygen atoms in total. The van der Waals surface area contributed by atoms with Gasteiger partial charge >= 0.3 is 0 Å². The summed E-state index contributed by atoms with van der Waals surface area (Å²) in [6.07, 6.45) is 1.13. The summed E-state index contributed by atoms with van der Waals surface area (Å²) in [7, 11) is -3.96. The zero-order valence-electron chi connectivity index (χ0n) is 23.2. The van der Waals surface area contributed by atoms with E-state index in [2.05, 4.69) is 5.32 Å². The Morgan fingerprint density at radius 2 is 1.61 bits per heavy atom. The molecule has 41 heavy (non-hydrogen) atoms. The van der Waals surface area contributed by atoms with Crippen molar-refractivity contribution in [3.8, 4) is 11.5 Å². The van der Waals surface area contributed by atoms with Crippen LogP contribution in [0.1, 0.15) is 25.0 Å². The average Bonchev–Trinajstić information content (AvgIpc) is 2.93. The van der Waals surface area contributed by atoms with Crippen LogP contribution in [0.5, 0.6) is 11.5 Å². The second-order valence-electron chi connectivity index (χ2n) is 10.1. The maximum atomic E-state index is 14.8. The van der Waals surface area contributed by atoms with E-state index in [1.807, 2.05) is 30.3 Å². The van der Waals surface area contributed by atoms with Crippen LogP contribution in [0.15, 0.2) is 72.8 Å². The molecule has 0 saturated carbocycles. The molecule has 0 radical (unpaired) electrons. The molecule has 0 fully saturated rings. The highest BCUT2D eigenvalue weighted by molar-refractivity contribution is 7.92. The minimum absolute atomic E-state index is 0.141. The zero-order chi connectivity index (χ0) is 29.6. The Kier molecular flexibility index (Phi) is 9.49. The van der Waals surface area contributed by atoms with E-state index in [0.29, 0.717) is 24.7 Å². The number of anilines is 1. The molecule has 0 saturated heterocycles. The molecule has 0 spiro atoms. The first-order valence-electron chi connectivity index (χ1n) is 13.3. The Morgan fingerprint density at radius 3 is 2.27 bits per heavy atom. The van der Waals surface area contributed by atoms with Gasteiger partial charge in [-0.05, 0) is 37.6 Å². The minimum atomic E-state index is -3.96. The fraction of sp³-hybridized carbons (Fsp3) is 0.333. The Hall–Kier alpha value is -4.12. The maximum Gasteiger partial charge on any atom is 0.244 e. The number of halogens is 1. The SMILES string of the molecule is CC(C)NC(=O)[C@H](Cc1ccccc1)N(Cc1ccccc1F)C(=O)CN(c1ccc2c(c1)OCCO2)S(C)(=O)=O. The van der Waals surface area contributed by atoms with Crippen LogP contribution in [0.4, 0.5) is 10.1 Å². The lowest BCUT2D eigenvalue weighted by molar-refractivity contribution is -0.140. The standard InChI is InChI=1S/C30H34FN3O6S/c1-21(2)32-30(36)26(17-22-9-5-4-6-10-22)33(19-23-11-7-8-12-25(23)31)29(35)20-34(41(3,37)38)24-13-14-27-28(18-24)40-16-15-39-27/h4-14,18,21,26H,15-17,19-20H2,1-3H3,(H,32,36)/t26-/m0/s1. The number of nitrogens with one attached hydrogen (secondary N) is 1. The number of rotatable bonds is 11. The Labute approximate surface area is 239 Å².